The van der Waals surface area contributed by atoms with Gasteiger partial charge in [-0.2, -0.15) is 0 Å². The standard InChI is InChI=1S/C14H20N6O3S2/c1-9-6-7-11(25(22,23)19(3)4)8-12(9)15-13(21)10(2)24-14-16-17-18-20(14)5/h6-8,10H,1-5H3,(H,15,21). The summed E-state index contributed by atoms with van der Waals surface area (Å²) in [5.41, 5.74) is 1.22. The molecule has 2 rings (SSSR count). The van der Waals surface area contributed by atoms with E-state index in [0.29, 0.717) is 10.8 Å². The summed E-state index contributed by atoms with van der Waals surface area (Å²) in [5.74, 6) is -0.268. The van der Waals surface area contributed by atoms with E-state index in [9.17, 15) is 13.2 Å². The molecule has 0 saturated heterocycles. The van der Waals surface area contributed by atoms with Crippen molar-refractivity contribution < 1.29 is 13.2 Å². The molecule has 0 aliphatic heterocycles. The summed E-state index contributed by atoms with van der Waals surface area (Å²) in [5, 5.41) is 13.9. The number of carbonyl (C=O) groups is 1. The van der Waals surface area contributed by atoms with Gasteiger partial charge in [-0.25, -0.2) is 17.4 Å². The molecule has 2 aromatic rings. The van der Waals surface area contributed by atoms with Crippen LogP contribution in [0.15, 0.2) is 28.3 Å². The van der Waals surface area contributed by atoms with Crippen LogP contribution in [-0.2, 0) is 21.9 Å². The number of hydrogen-bond acceptors (Lipinski definition) is 7. The Bertz CT molecular complexity index is 878. The van der Waals surface area contributed by atoms with E-state index in [0.717, 1.165) is 9.87 Å². The minimum absolute atomic E-state index is 0.121. The van der Waals surface area contributed by atoms with Crippen LogP contribution in [0.5, 0.6) is 0 Å². The van der Waals surface area contributed by atoms with Crippen molar-refractivity contribution in [3.8, 4) is 0 Å². The van der Waals surface area contributed by atoms with E-state index in [1.54, 1.807) is 27.0 Å². The van der Waals surface area contributed by atoms with E-state index in [1.807, 2.05) is 0 Å². The molecule has 1 atom stereocenters. The second-order valence-electron chi connectivity index (χ2n) is 5.60. The summed E-state index contributed by atoms with van der Waals surface area (Å²) < 4.78 is 27.1. The molecule has 136 valence electrons. The smallest absolute Gasteiger partial charge is 0.242 e. The van der Waals surface area contributed by atoms with Gasteiger partial charge in [0, 0.05) is 26.8 Å². The Morgan fingerprint density at radius 3 is 2.60 bits per heavy atom. The van der Waals surface area contributed by atoms with E-state index < -0.39 is 15.3 Å². The molecular formula is C14H20N6O3S2. The molecule has 0 fully saturated rings. The Kier molecular flexibility index (Phi) is 5.80. The lowest BCUT2D eigenvalue weighted by molar-refractivity contribution is -0.115. The van der Waals surface area contributed by atoms with Gasteiger partial charge in [0.2, 0.25) is 21.1 Å². The van der Waals surface area contributed by atoms with Crippen LogP contribution in [0.4, 0.5) is 5.69 Å². The highest BCUT2D eigenvalue weighted by Gasteiger charge is 2.21. The summed E-state index contributed by atoms with van der Waals surface area (Å²) >= 11 is 1.21. The second-order valence-corrected chi connectivity index (χ2v) is 9.06. The minimum Gasteiger partial charge on any atom is -0.325 e. The van der Waals surface area contributed by atoms with Crippen molar-refractivity contribution in [3.05, 3.63) is 23.8 Å². The van der Waals surface area contributed by atoms with E-state index in [1.165, 1.54) is 42.7 Å². The van der Waals surface area contributed by atoms with Gasteiger partial charge in [-0.3, -0.25) is 4.79 Å². The number of benzene rings is 1. The predicted octanol–water partition coefficient (Wildman–Crippen LogP) is 0.888. The molecule has 0 saturated carbocycles. The zero-order valence-corrected chi connectivity index (χ0v) is 16.2. The molecule has 0 aliphatic carbocycles. The van der Waals surface area contributed by atoms with Crippen molar-refractivity contribution >= 4 is 33.4 Å². The maximum absolute atomic E-state index is 12.4. The zero-order valence-electron chi connectivity index (χ0n) is 14.6. The van der Waals surface area contributed by atoms with Crippen LogP contribution in [0.25, 0.3) is 0 Å². The van der Waals surface area contributed by atoms with E-state index in [2.05, 4.69) is 20.8 Å². The van der Waals surface area contributed by atoms with Gasteiger partial charge in [0.1, 0.15) is 0 Å². The van der Waals surface area contributed by atoms with Crippen molar-refractivity contribution in [2.45, 2.75) is 29.1 Å². The fourth-order valence-corrected chi connectivity index (χ4v) is 3.56. The van der Waals surface area contributed by atoms with Gasteiger partial charge in [-0.15, -0.1) is 5.10 Å². The highest BCUT2D eigenvalue weighted by atomic mass is 32.2. The summed E-state index contributed by atoms with van der Waals surface area (Å²) in [6.45, 7) is 3.52. The van der Waals surface area contributed by atoms with Crippen LogP contribution in [0.2, 0.25) is 0 Å². The SMILES string of the molecule is Cc1ccc(S(=O)(=O)N(C)C)cc1NC(=O)C(C)Sc1nnnn1C. The van der Waals surface area contributed by atoms with E-state index >= 15 is 0 Å². The quantitative estimate of drug-likeness (QED) is 0.736. The number of anilines is 1. The summed E-state index contributed by atoms with van der Waals surface area (Å²) in [6, 6.07) is 4.64. The molecule has 1 aromatic heterocycles. The fourth-order valence-electron chi connectivity index (χ4n) is 1.87. The zero-order chi connectivity index (χ0) is 18.8. The van der Waals surface area contributed by atoms with E-state index in [-0.39, 0.29) is 10.8 Å². The van der Waals surface area contributed by atoms with Crippen molar-refractivity contribution in [1.82, 2.24) is 24.5 Å². The molecule has 0 radical (unpaired) electrons. The Labute approximate surface area is 150 Å². The van der Waals surface area contributed by atoms with Crippen LogP contribution in [-0.4, -0.2) is 58.2 Å². The first-order valence-corrected chi connectivity index (χ1v) is 9.68. The van der Waals surface area contributed by atoms with Gasteiger partial charge >= 0.3 is 0 Å². The molecule has 1 N–H and O–H groups in total. The number of nitrogens with one attached hydrogen (secondary N) is 1. The summed E-state index contributed by atoms with van der Waals surface area (Å²) in [7, 11) is 1.03. The first-order chi connectivity index (χ1) is 11.6. The molecule has 0 bridgehead atoms. The largest absolute Gasteiger partial charge is 0.325 e. The summed E-state index contributed by atoms with van der Waals surface area (Å²) in [6.07, 6.45) is 0. The second kappa shape index (κ2) is 7.50. The fraction of sp³-hybridized carbons (Fsp3) is 0.429. The highest BCUT2D eigenvalue weighted by molar-refractivity contribution is 8.00. The molecule has 1 unspecified atom stereocenters. The maximum Gasteiger partial charge on any atom is 0.242 e. The Balaban J connectivity index is 2.19. The van der Waals surface area contributed by atoms with Crippen LogP contribution in [0.1, 0.15) is 12.5 Å². The number of amides is 1. The third-order valence-corrected chi connectivity index (χ3v) is 6.41. The Morgan fingerprint density at radius 1 is 1.36 bits per heavy atom. The van der Waals surface area contributed by atoms with Crippen molar-refractivity contribution in [2.24, 2.45) is 7.05 Å². The topological polar surface area (TPSA) is 110 Å². The number of thioether (sulfide) groups is 1. The first kappa shape index (κ1) is 19.3. The van der Waals surface area contributed by atoms with Crippen LogP contribution in [0.3, 0.4) is 0 Å². The average molecular weight is 384 g/mol. The number of nitrogens with zero attached hydrogens (tertiary/aromatic N) is 5. The minimum atomic E-state index is -3.57. The Morgan fingerprint density at radius 2 is 2.04 bits per heavy atom. The molecule has 1 aromatic carbocycles. The number of tetrazole rings is 1. The normalized spacial score (nSPS) is 13.0. The van der Waals surface area contributed by atoms with Crippen LogP contribution >= 0.6 is 11.8 Å². The van der Waals surface area contributed by atoms with Crippen LogP contribution < -0.4 is 5.32 Å². The number of carbonyl (C=O) groups excluding carboxylic acids is 1. The highest BCUT2D eigenvalue weighted by Crippen LogP contribution is 2.24. The third kappa shape index (κ3) is 4.35. The summed E-state index contributed by atoms with van der Waals surface area (Å²) in [4.78, 5) is 12.5. The number of aryl methyl sites for hydroxylation is 2. The molecule has 25 heavy (non-hydrogen) atoms. The molecule has 1 amide bonds. The molecule has 9 nitrogen and oxygen atoms in total. The van der Waals surface area contributed by atoms with E-state index in [4.69, 9.17) is 0 Å². The Hall–Kier alpha value is -1.98. The van der Waals surface area contributed by atoms with Gasteiger partial charge in [-0.05, 0) is 42.0 Å². The maximum atomic E-state index is 12.4. The van der Waals surface area contributed by atoms with Crippen LogP contribution in [0, 0.1) is 6.92 Å². The molecular weight excluding hydrogens is 364 g/mol. The van der Waals surface area contributed by atoms with Crippen molar-refractivity contribution in [3.63, 3.8) is 0 Å². The lowest BCUT2D eigenvalue weighted by Gasteiger charge is -2.16. The molecule has 0 aliphatic rings. The first-order valence-electron chi connectivity index (χ1n) is 7.36. The van der Waals surface area contributed by atoms with Gasteiger partial charge in [0.25, 0.3) is 0 Å². The lowest BCUT2D eigenvalue weighted by Crippen LogP contribution is -2.25. The van der Waals surface area contributed by atoms with Gasteiger partial charge in [0.15, 0.2) is 0 Å². The van der Waals surface area contributed by atoms with Crippen molar-refractivity contribution in [1.29, 1.82) is 0 Å². The number of sulfonamides is 1. The number of rotatable bonds is 6. The lowest BCUT2D eigenvalue weighted by atomic mass is 10.2. The predicted molar refractivity (Wildman–Crippen MR) is 94.8 cm³/mol. The number of aromatic nitrogens is 4. The van der Waals surface area contributed by atoms with Gasteiger partial charge in [0.05, 0.1) is 10.1 Å². The average Bonchev–Trinajstić information content (AvgIpc) is 2.94. The number of hydrogen-bond donors (Lipinski definition) is 1. The monoisotopic (exact) mass is 384 g/mol. The van der Waals surface area contributed by atoms with Gasteiger partial charge in [-0.1, -0.05) is 17.8 Å². The van der Waals surface area contributed by atoms with Gasteiger partial charge < -0.3 is 5.32 Å². The van der Waals surface area contributed by atoms with Crippen molar-refractivity contribution in [2.75, 3.05) is 19.4 Å². The molecule has 0 spiro atoms. The molecule has 11 heteroatoms. The third-order valence-electron chi connectivity index (χ3n) is 3.48. The molecule has 1 heterocycles.